The molecule has 2 saturated heterocycles. The van der Waals surface area contributed by atoms with Gasteiger partial charge in [-0.3, -0.25) is 14.5 Å². The summed E-state index contributed by atoms with van der Waals surface area (Å²) in [6.07, 6.45) is 7.62. The summed E-state index contributed by atoms with van der Waals surface area (Å²) < 4.78 is 10.3. The van der Waals surface area contributed by atoms with Crippen LogP contribution in [-0.4, -0.2) is 106 Å². The third kappa shape index (κ3) is 8.53. The highest BCUT2D eigenvalue weighted by atomic mass is 16.5. The first-order chi connectivity index (χ1) is 28.8. The van der Waals surface area contributed by atoms with E-state index in [4.69, 9.17) is 9.72 Å². The van der Waals surface area contributed by atoms with E-state index in [-0.39, 0.29) is 30.4 Å². The van der Waals surface area contributed by atoms with E-state index in [0.717, 1.165) is 79.1 Å². The van der Waals surface area contributed by atoms with Gasteiger partial charge in [0.05, 0.1) is 56.7 Å². The smallest absolute Gasteiger partial charge is 0.407 e. The van der Waals surface area contributed by atoms with Gasteiger partial charge in [0.25, 0.3) is 0 Å². The normalized spacial score (nSPS) is 18.2. The highest BCUT2D eigenvalue weighted by molar-refractivity contribution is 5.84. The lowest BCUT2D eigenvalue weighted by Gasteiger charge is -2.37. The molecular weight excluding hydrogens is 745 g/mol. The fourth-order valence-electron chi connectivity index (χ4n) is 9.07. The molecule has 308 valence electrons. The zero-order valence-electron chi connectivity index (χ0n) is 34.2. The number of hydrogen-bond acceptors (Lipinski definition) is 8. The van der Waals surface area contributed by atoms with Crippen LogP contribution in [0.5, 0.6) is 0 Å². The standard InChI is InChI=1S/C46H54N8O5/c1-4-18-53(41(55)28-49-46(57)58-3)29-40-47-26-38(50-40)34-13-15-36-32(24-34)11-12-33-25-35(14-16-37(33)36)39-27-48-44(51-39)42-30(5-2)17-19-54(42)45(56)43(31-9-7-6-8-10-31)52-20-22-59-23-21-52/h6-10,13-16,24-27,30,42-43H,4-5,11-12,17-23,28-29H2,1-3H3,(H,47,50)(H,48,51)(H,49,57)/t30-,42+,43-/m1/s1. The minimum atomic E-state index is -0.637. The molecule has 2 aromatic heterocycles. The molecule has 59 heavy (non-hydrogen) atoms. The Bertz CT molecular complexity index is 2260. The lowest BCUT2D eigenvalue weighted by Crippen LogP contribution is -2.47. The summed E-state index contributed by atoms with van der Waals surface area (Å²) in [4.78, 5) is 61.6. The number of aryl methyl sites for hydroxylation is 2. The van der Waals surface area contributed by atoms with Crippen molar-refractivity contribution < 1.29 is 23.9 Å². The van der Waals surface area contributed by atoms with E-state index < -0.39 is 6.09 Å². The topological polar surface area (TPSA) is 149 Å². The summed E-state index contributed by atoms with van der Waals surface area (Å²) in [5.74, 6) is 1.79. The quantitative estimate of drug-likeness (QED) is 0.119. The maximum absolute atomic E-state index is 14.6. The molecule has 3 aromatic carbocycles. The number of imidazole rings is 2. The number of nitrogens with one attached hydrogen (secondary N) is 3. The van der Waals surface area contributed by atoms with Gasteiger partial charge in [0.15, 0.2) is 0 Å². The molecule has 4 heterocycles. The van der Waals surface area contributed by atoms with Crippen LogP contribution in [0.4, 0.5) is 4.79 Å². The number of fused-ring (bicyclic) bond motifs is 3. The first kappa shape index (κ1) is 40.0. The number of nitrogens with zero attached hydrogens (tertiary/aromatic N) is 5. The van der Waals surface area contributed by atoms with Gasteiger partial charge in [-0.05, 0) is 82.7 Å². The second-order valence-corrected chi connectivity index (χ2v) is 15.7. The molecule has 13 nitrogen and oxygen atoms in total. The van der Waals surface area contributed by atoms with Crippen LogP contribution in [0.25, 0.3) is 33.6 Å². The molecule has 1 aliphatic carbocycles. The molecule has 3 N–H and O–H groups in total. The summed E-state index contributed by atoms with van der Waals surface area (Å²) in [6.45, 7) is 8.36. The second-order valence-electron chi connectivity index (χ2n) is 15.7. The molecule has 0 unspecified atom stereocenters. The summed E-state index contributed by atoms with van der Waals surface area (Å²) in [6, 6.07) is 22.9. The maximum atomic E-state index is 14.6. The molecule has 5 aromatic rings. The Labute approximate surface area is 345 Å². The number of alkyl carbamates (subject to hydrolysis) is 1. The van der Waals surface area contributed by atoms with Crippen LogP contribution in [-0.2, 0) is 38.4 Å². The fraction of sp³-hybridized carbons (Fsp3) is 0.413. The Morgan fingerprint density at radius 2 is 1.58 bits per heavy atom. The van der Waals surface area contributed by atoms with Crippen LogP contribution in [0.1, 0.15) is 73.5 Å². The van der Waals surface area contributed by atoms with Crippen LogP contribution >= 0.6 is 0 Å². The largest absolute Gasteiger partial charge is 0.453 e. The minimum absolute atomic E-state index is 0.119. The number of rotatable bonds is 13. The van der Waals surface area contributed by atoms with Gasteiger partial charge in [-0.1, -0.05) is 74.9 Å². The number of methoxy groups -OCH3 is 1. The first-order valence-electron chi connectivity index (χ1n) is 21.0. The zero-order valence-corrected chi connectivity index (χ0v) is 34.2. The van der Waals surface area contributed by atoms with Crippen LogP contribution in [0.3, 0.4) is 0 Å². The summed E-state index contributed by atoms with van der Waals surface area (Å²) in [5.41, 5.74) is 10.0. The number of aromatic amines is 2. The lowest BCUT2D eigenvalue weighted by molar-refractivity contribution is -0.140. The fourth-order valence-corrected chi connectivity index (χ4v) is 9.07. The average Bonchev–Trinajstić information content (AvgIpc) is 4.06. The van der Waals surface area contributed by atoms with Crippen molar-refractivity contribution >= 4 is 17.9 Å². The monoisotopic (exact) mass is 798 g/mol. The van der Waals surface area contributed by atoms with Gasteiger partial charge in [0.2, 0.25) is 11.8 Å². The van der Waals surface area contributed by atoms with Crippen molar-refractivity contribution in [1.82, 2.24) is 40.0 Å². The highest BCUT2D eigenvalue weighted by Crippen LogP contribution is 2.42. The van der Waals surface area contributed by atoms with Crippen molar-refractivity contribution in [3.8, 4) is 33.6 Å². The Morgan fingerprint density at radius 3 is 2.24 bits per heavy atom. The number of H-pyrrole nitrogens is 2. The summed E-state index contributed by atoms with van der Waals surface area (Å²) in [5, 5.41) is 2.47. The Morgan fingerprint density at radius 1 is 0.898 bits per heavy atom. The third-order valence-electron chi connectivity index (χ3n) is 12.1. The average molecular weight is 799 g/mol. The summed E-state index contributed by atoms with van der Waals surface area (Å²) in [7, 11) is 1.27. The molecule has 3 amide bonds. The molecule has 13 heteroatoms. The second kappa shape index (κ2) is 18.0. The molecule has 0 saturated carbocycles. The van der Waals surface area contributed by atoms with Gasteiger partial charge in [-0.25, -0.2) is 14.8 Å². The number of amides is 3. The summed E-state index contributed by atoms with van der Waals surface area (Å²) >= 11 is 0. The highest BCUT2D eigenvalue weighted by Gasteiger charge is 2.43. The number of carbonyl (C=O) groups excluding carboxylic acids is 3. The van der Waals surface area contributed by atoms with Crippen molar-refractivity contribution in [1.29, 1.82) is 0 Å². The van der Waals surface area contributed by atoms with Crippen molar-refractivity contribution in [2.24, 2.45) is 5.92 Å². The van der Waals surface area contributed by atoms with Gasteiger partial charge in [0, 0.05) is 26.2 Å². The number of ether oxygens (including phenoxy) is 2. The Hall–Kier alpha value is -5.79. The SMILES string of the molecule is CCCN(Cc1ncc(-c2ccc3c(c2)CCc2cc(-c4cnc([C@@H]5[C@H](CC)CCN5C(=O)[C@@H](c5ccccc5)N5CCOCC5)[nH]4)ccc2-3)[nH]1)C(=O)CNC(=O)OC. The van der Waals surface area contributed by atoms with Crippen molar-refractivity contribution in [3.05, 3.63) is 107 Å². The Kier molecular flexibility index (Phi) is 12.2. The number of hydrogen-bond donors (Lipinski definition) is 3. The van der Waals surface area contributed by atoms with E-state index in [1.807, 2.05) is 37.5 Å². The molecule has 2 aliphatic heterocycles. The third-order valence-corrected chi connectivity index (χ3v) is 12.1. The van der Waals surface area contributed by atoms with E-state index >= 15 is 0 Å². The van der Waals surface area contributed by atoms with Gasteiger partial charge in [-0.15, -0.1) is 0 Å². The Balaban J connectivity index is 0.981. The van der Waals surface area contributed by atoms with Crippen molar-refractivity contribution in [3.63, 3.8) is 0 Å². The number of carbonyl (C=O) groups is 3. The van der Waals surface area contributed by atoms with E-state index in [9.17, 15) is 14.4 Å². The first-order valence-corrected chi connectivity index (χ1v) is 21.0. The van der Waals surface area contributed by atoms with E-state index in [2.05, 4.69) is 90.3 Å². The van der Waals surface area contributed by atoms with Crippen LogP contribution in [0.2, 0.25) is 0 Å². The number of benzene rings is 3. The number of likely N-dealkylation sites (tertiary alicyclic amines) is 1. The molecule has 2 fully saturated rings. The molecular formula is C46H54N8O5. The van der Waals surface area contributed by atoms with Crippen LogP contribution in [0, 0.1) is 5.92 Å². The van der Waals surface area contributed by atoms with Gasteiger partial charge >= 0.3 is 6.09 Å². The molecule has 8 rings (SSSR count). The van der Waals surface area contributed by atoms with Gasteiger partial charge < -0.3 is 34.6 Å². The molecule has 0 radical (unpaired) electrons. The lowest BCUT2D eigenvalue weighted by atomic mass is 9.83. The van der Waals surface area contributed by atoms with Gasteiger partial charge in [0.1, 0.15) is 24.2 Å². The van der Waals surface area contributed by atoms with Gasteiger partial charge in [-0.2, -0.15) is 0 Å². The van der Waals surface area contributed by atoms with E-state index in [1.54, 1.807) is 4.90 Å². The van der Waals surface area contributed by atoms with Crippen molar-refractivity contribution in [2.45, 2.75) is 64.6 Å². The molecule has 3 atom stereocenters. The van der Waals surface area contributed by atoms with E-state index in [1.165, 1.54) is 29.4 Å². The number of aromatic nitrogens is 4. The van der Waals surface area contributed by atoms with Crippen molar-refractivity contribution in [2.75, 3.05) is 53.0 Å². The predicted molar refractivity (Wildman–Crippen MR) is 225 cm³/mol. The minimum Gasteiger partial charge on any atom is -0.453 e. The van der Waals surface area contributed by atoms with Crippen LogP contribution < -0.4 is 5.32 Å². The molecule has 0 bridgehead atoms. The molecule has 3 aliphatic rings. The molecule has 0 spiro atoms. The maximum Gasteiger partial charge on any atom is 0.407 e. The zero-order chi connectivity index (χ0) is 40.9. The van der Waals surface area contributed by atoms with Crippen LogP contribution in [0.15, 0.2) is 79.1 Å². The number of morpholine rings is 1. The predicted octanol–water partition coefficient (Wildman–Crippen LogP) is 6.70. The van der Waals surface area contributed by atoms with E-state index in [0.29, 0.717) is 44.6 Å².